The number of hydrogen-bond donors (Lipinski definition) is 0. The van der Waals surface area contributed by atoms with Crippen LogP contribution >= 0.6 is 0 Å². The molecule has 2 aromatic heterocycles. The van der Waals surface area contributed by atoms with E-state index in [1.54, 1.807) is 0 Å². The van der Waals surface area contributed by atoms with Gasteiger partial charge in [0.05, 0.1) is 5.52 Å². The minimum Gasteiger partial charge on any atom is -0.294 e. The van der Waals surface area contributed by atoms with Crippen LogP contribution < -0.4 is 0 Å². The fraction of sp³-hybridized carbons (Fsp3) is 0. The molecule has 0 aliphatic heterocycles. The third-order valence-electron chi connectivity index (χ3n) is 8.36. The molecule has 1 aliphatic carbocycles. The van der Waals surface area contributed by atoms with Gasteiger partial charge in [-0.05, 0) is 97.4 Å². The van der Waals surface area contributed by atoms with Crippen LogP contribution in [0.25, 0.3) is 82.5 Å². The lowest BCUT2D eigenvalue weighted by molar-refractivity contribution is 1.14. The Bertz CT molecular complexity index is 2220. The number of pyridine rings is 1. The first-order chi connectivity index (χ1) is 19.3. The average Bonchev–Trinajstić information content (AvgIpc) is 3.50. The highest BCUT2D eigenvalue weighted by atomic mass is 15.0. The third kappa shape index (κ3) is 2.83. The summed E-state index contributed by atoms with van der Waals surface area (Å²) in [6, 6.07) is 46.4. The van der Waals surface area contributed by atoms with Crippen LogP contribution in [0.4, 0.5) is 0 Å². The topological polar surface area (TPSA) is 17.8 Å². The van der Waals surface area contributed by atoms with Gasteiger partial charge in [-0.25, -0.2) is 4.98 Å². The molecular formula is C37H22N2. The molecule has 0 spiro atoms. The second-order valence-corrected chi connectivity index (χ2v) is 10.4. The maximum atomic E-state index is 4.78. The molecular weight excluding hydrogens is 472 g/mol. The summed E-state index contributed by atoms with van der Waals surface area (Å²) in [5.41, 5.74) is 11.1. The molecule has 0 saturated carbocycles. The molecule has 0 bridgehead atoms. The Morgan fingerprint density at radius 2 is 1.21 bits per heavy atom. The van der Waals surface area contributed by atoms with Crippen molar-refractivity contribution in [2.24, 2.45) is 0 Å². The Hall–Kier alpha value is -5.21. The summed E-state index contributed by atoms with van der Waals surface area (Å²) in [5, 5.41) is 7.56. The Morgan fingerprint density at radius 3 is 2.13 bits per heavy atom. The van der Waals surface area contributed by atoms with Crippen LogP contribution in [0.3, 0.4) is 0 Å². The van der Waals surface area contributed by atoms with E-state index >= 15 is 0 Å². The van der Waals surface area contributed by atoms with E-state index in [9.17, 15) is 0 Å². The number of hydrogen-bond acceptors (Lipinski definition) is 1. The van der Waals surface area contributed by atoms with Crippen molar-refractivity contribution < 1.29 is 0 Å². The zero-order chi connectivity index (χ0) is 25.5. The zero-order valence-electron chi connectivity index (χ0n) is 21.1. The van der Waals surface area contributed by atoms with Gasteiger partial charge < -0.3 is 0 Å². The molecule has 6 aromatic carbocycles. The normalized spacial score (nSPS) is 12.1. The van der Waals surface area contributed by atoms with E-state index in [1.165, 1.54) is 71.2 Å². The standard InChI is InChI=1S/C37H22N2/c1-2-8-23(9-3-1)27-17-18-31-34-22-25-20-26(16-15-24(25)21-33(34)30-12-6-11-29(27)36(30)31)39-35-14-5-4-10-28(35)32-13-7-19-38-37(32)39/h1-22H. The van der Waals surface area contributed by atoms with Gasteiger partial charge in [-0.1, -0.05) is 84.9 Å². The SMILES string of the molecule is c1ccc(-c2ccc3c4c(cccc24)-c2cc4ccc(-n5c6ccccc6c6cccnc65)cc4cc2-3)cc1. The van der Waals surface area contributed by atoms with E-state index in [2.05, 4.69) is 126 Å². The van der Waals surface area contributed by atoms with Crippen LogP contribution in [0.1, 0.15) is 0 Å². The summed E-state index contributed by atoms with van der Waals surface area (Å²) in [6.07, 6.45) is 1.88. The number of aromatic nitrogens is 2. The van der Waals surface area contributed by atoms with Gasteiger partial charge in [0, 0.05) is 22.7 Å². The van der Waals surface area contributed by atoms with Crippen molar-refractivity contribution in [3.05, 3.63) is 134 Å². The van der Waals surface area contributed by atoms with E-state index < -0.39 is 0 Å². The Balaban J connectivity index is 1.28. The van der Waals surface area contributed by atoms with Gasteiger partial charge in [-0.2, -0.15) is 0 Å². The van der Waals surface area contributed by atoms with Crippen molar-refractivity contribution in [3.63, 3.8) is 0 Å². The van der Waals surface area contributed by atoms with Crippen LogP contribution in [0.15, 0.2) is 134 Å². The van der Waals surface area contributed by atoms with Gasteiger partial charge in [-0.3, -0.25) is 4.57 Å². The number of nitrogens with zero attached hydrogens (tertiary/aromatic N) is 2. The van der Waals surface area contributed by atoms with Crippen molar-refractivity contribution in [2.45, 2.75) is 0 Å². The second-order valence-electron chi connectivity index (χ2n) is 10.4. The van der Waals surface area contributed by atoms with Crippen LogP contribution in [-0.4, -0.2) is 9.55 Å². The van der Waals surface area contributed by atoms with Gasteiger partial charge >= 0.3 is 0 Å². The summed E-state index contributed by atoms with van der Waals surface area (Å²) >= 11 is 0. The van der Waals surface area contributed by atoms with Gasteiger partial charge in [0.15, 0.2) is 0 Å². The summed E-state index contributed by atoms with van der Waals surface area (Å²) in [4.78, 5) is 4.78. The fourth-order valence-corrected chi connectivity index (χ4v) is 6.65. The molecule has 0 N–H and O–H groups in total. The molecule has 9 rings (SSSR count). The minimum atomic E-state index is 0.991. The van der Waals surface area contributed by atoms with E-state index in [0.717, 1.165) is 11.3 Å². The van der Waals surface area contributed by atoms with Gasteiger partial charge in [0.1, 0.15) is 5.65 Å². The molecule has 1 aliphatic rings. The number of para-hydroxylation sites is 1. The Labute approximate surface area is 225 Å². The molecule has 0 amide bonds. The number of benzene rings is 6. The average molecular weight is 495 g/mol. The summed E-state index contributed by atoms with van der Waals surface area (Å²) < 4.78 is 2.29. The highest BCUT2D eigenvalue weighted by Crippen LogP contribution is 2.50. The Kier molecular flexibility index (Phi) is 4.08. The molecule has 180 valence electrons. The van der Waals surface area contributed by atoms with E-state index in [1.807, 2.05) is 12.3 Å². The largest absolute Gasteiger partial charge is 0.294 e. The molecule has 0 unspecified atom stereocenters. The molecule has 0 saturated heterocycles. The molecule has 8 aromatic rings. The predicted molar refractivity (Wildman–Crippen MR) is 163 cm³/mol. The van der Waals surface area contributed by atoms with Crippen molar-refractivity contribution >= 4 is 43.5 Å². The summed E-state index contributed by atoms with van der Waals surface area (Å²) in [6.45, 7) is 0. The van der Waals surface area contributed by atoms with Gasteiger partial charge in [0.25, 0.3) is 0 Å². The molecule has 0 atom stereocenters. The lowest BCUT2D eigenvalue weighted by Crippen LogP contribution is -1.95. The number of fused-ring (bicyclic) bond motifs is 7. The molecule has 39 heavy (non-hydrogen) atoms. The highest BCUT2D eigenvalue weighted by Gasteiger charge is 2.23. The minimum absolute atomic E-state index is 0.991. The quantitative estimate of drug-likeness (QED) is 0.234. The van der Waals surface area contributed by atoms with Crippen molar-refractivity contribution in [1.29, 1.82) is 0 Å². The summed E-state index contributed by atoms with van der Waals surface area (Å²) in [7, 11) is 0. The highest BCUT2D eigenvalue weighted by molar-refractivity contribution is 6.20. The first kappa shape index (κ1) is 20.8. The van der Waals surface area contributed by atoms with Crippen LogP contribution in [0.2, 0.25) is 0 Å². The van der Waals surface area contributed by atoms with E-state index in [0.29, 0.717) is 0 Å². The van der Waals surface area contributed by atoms with Crippen LogP contribution in [-0.2, 0) is 0 Å². The molecule has 0 radical (unpaired) electrons. The van der Waals surface area contributed by atoms with Crippen LogP contribution in [0, 0.1) is 0 Å². The zero-order valence-corrected chi connectivity index (χ0v) is 21.1. The van der Waals surface area contributed by atoms with E-state index in [4.69, 9.17) is 4.98 Å². The van der Waals surface area contributed by atoms with Crippen LogP contribution in [0.5, 0.6) is 0 Å². The molecule has 2 heteroatoms. The fourth-order valence-electron chi connectivity index (χ4n) is 6.65. The summed E-state index contributed by atoms with van der Waals surface area (Å²) in [5.74, 6) is 0. The molecule has 0 fully saturated rings. The van der Waals surface area contributed by atoms with Gasteiger partial charge in [-0.15, -0.1) is 0 Å². The first-order valence-electron chi connectivity index (χ1n) is 13.4. The predicted octanol–water partition coefficient (Wildman–Crippen LogP) is 9.80. The maximum Gasteiger partial charge on any atom is 0.145 e. The van der Waals surface area contributed by atoms with Crippen molar-refractivity contribution in [2.75, 3.05) is 0 Å². The monoisotopic (exact) mass is 494 g/mol. The third-order valence-corrected chi connectivity index (χ3v) is 8.36. The Morgan fingerprint density at radius 1 is 0.462 bits per heavy atom. The maximum absolute atomic E-state index is 4.78. The lowest BCUT2D eigenvalue weighted by atomic mass is 9.94. The first-order valence-corrected chi connectivity index (χ1v) is 13.4. The second kappa shape index (κ2) is 7.66. The molecule has 2 nitrogen and oxygen atoms in total. The van der Waals surface area contributed by atoms with E-state index in [-0.39, 0.29) is 0 Å². The van der Waals surface area contributed by atoms with Crippen molar-refractivity contribution in [3.8, 4) is 39.1 Å². The lowest BCUT2D eigenvalue weighted by Gasteiger charge is -2.11. The smallest absolute Gasteiger partial charge is 0.145 e. The number of rotatable bonds is 2. The molecule has 2 heterocycles. The van der Waals surface area contributed by atoms with Crippen molar-refractivity contribution in [1.82, 2.24) is 9.55 Å². The van der Waals surface area contributed by atoms with Gasteiger partial charge in [0.2, 0.25) is 0 Å².